The SMILES string of the molecule is CC1OCCC1(CO)NCC1CCCO1. The maximum absolute atomic E-state index is 9.48. The number of hydrogen-bond acceptors (Lipinski definition) is 4. The third kappa shape index (κ3) is 2.33. The molecule has 0 aromatic carbocycles. The maximum atomic E-state index is 9.48. The molecule has 0 aromatic heterocycles. The van der Waals surface area contributed by atoms with E-state index in [-0.39, 0.29) is 18.2 Å². The van der Waals surface area contributed by atoms with Crippen LogP contribution in [-0.2, 0) is 9.47 Å². The van der Waals surface area contributed by atoms with Crippen molar-refractivity contribution in [3.63, 3.8) is 0 Å². The predicted octanol–water partition coefficient (Wildman–Crippen LogP) is 0.295. The van der Waals surface area contributed by atoms with Crippen molar-refractivity contribution in [3.8, 4) is 0 Å². The lowest BCUT2D eigenvalue weighted by atomic mass is 9.93. The number of ether oxygens (including phenoxy) is 2. The van der Waals surface area contributed by atoms with Crippen LogP contribution in [-0.4, -0.2) is 49.2 Å². The zero-order chi connectivity index (χ0) is 10.7. The number of aliphatic hydroxyl groups excluding tert-OH is 1. The van der Waals surface area contributed by atoms with E-state index in [1.165, 1.54) is 0 Å². The van der Waals surface area contributed by atoms with E-state index in [2.05, 4.69) is 5.32 Å². The molecule has 4 heteroatoms. The van der Waals surface area contributed by atoms with Crippen molar-refractivity contribution in [2.45, 2.75) is 43.9 Å². The zero-order valence-electron chi connectivity index (χ0n) is 9.37. The minimum atomic E-state index is -0.244. The van der Waals surface area contributed by atoms with Crippen LogP contribution in [0.15, 0.2) is 0 Å². The molecule has 2 aliphatic rings. The normalized spacial score (nSPS) is 41.2. The summed E-state index contributed by atoms with van der Waals surface area (Å²) in [6.45, 7) is 4.60. The van der Waals surface area contributed by atoms with Gasteiger partial charge in [-0.25, -0.2) is 0 Å². The molecule has 2 saturated heterocycles. The van der Waals surface area contributed by atoms with Crippen LogP contribution in [0.3, 0.4) is 0 Å². The van der Waals surface area contributed by atoms with E-state index in [0.29, 0.717) is 6.10 Å². The first-order valence-corrected chi connectivity index (χ1v) is 5.86. The van der Waals surface area contributed by atoms with Gasteiger partial charge in [0.25, 0.3) is 0 Å². The molecule has 2 heterocycles. The van der Waals surface area contributed by atoms with Crippen molar-refractivity contribution < 1.29 is 14.6 Å². The summed E-state index contributed by atoms with van der Waals surface area (Å²) in [6, 6.07) is 0. The smallest absolute Gasteiger partial charge is 0.0751 e. The molecule has 4 nitrogen and oxygen atoms in total. The van der Waals surface area contributed by atoms with Gasteiger partial charge in [0.15, 0.2) is 0 Å². The molecular weight excluding hydrogens is 194 g/mol. The first-order chi connectivity index (χ1) is 7.27. The third-order valence-electron chi connectivity index (χ3n) is 3.68. The molecule has 0 aliphatic carbocycles. The summed E-state index contributed by atoms with van der Waals surface area (Å²) in [5, 5.41) is 12.9. The number of hydrogen-bond donors (Lipinski definition) is 2. The van der Waals surface area contributed by atoms with Gasteiger partial charge in [0.2, 0.25) is 0 Å². The number of rotatable bonds is 4. The van der Waals surface area contributed by atoms with Gasteiger partial charge in [-0.2, -0.15) is 0 Å². The van der Waals surface area contributed by atoms with Crippen LogP contribution >= 0.6 is 0 Å². The molecule has 0 aromatic rings. The topological polar surface area (TPSA) is 50.7 Å². The highest BCUT2D eigenvalue weighted by Gasteiger charge is 2.41. The fourth-order valence-corrected chi connectivity index (χ4v) is 2.40. The van der Waals surface area contributed by atoms with Gasteiger partial charge in [-0.05, 0) is 26.2 Å². The van der Waals surface area contributed by atoms with Crippen molar-refractivity contribution in [2.24, 2.45) is 0 Å². The molecule has 2 N–H and O–H groups in total. The summed E-state index contributed by atoms with van der Waals surface area (Å²) in [5.74, 6) is 0. The monoisotopic (exact) mass is 215 g/mol. The first-order valence-electron chi connectivity index (χ1n) is 5.86. The van der Waals surface area contributed by atoms with Gasteiger partial charge in [0, 0.05) is 19.8 Å². The molecule has 0 radical (unpaired) electrons. The van der Waals surface area contributed by atoms with Gasteiger partial charge in [0.1, 0.15) is 0 Å². The number of aliphatic hydroxyl groups is 1. The number of nitrogens with one attached hydrogen (secondary N) is 1. The van der Waals surface area contributed by atoms with E-state index in [1.54, 1.807) is 0 Å². The van der Waals surface area contributed by atoms with Crippen molar-refractivity contribution in [1.82, 2.24) is 5.32 Å². The highest BCUT2D eigenvalue weighted by atomic mass is 16.5. The van der Waals surface area contributed by atoms with Gasteiger partial charge in [-0.1, -0.05) is 0 Å². The lowest BCUT2D eigenvalue weighted by molar-refractivity contribution is 0.0404. The van der Waals surface area contributed by atoms with Gasteiger partial charge in [-0.15, -0.1) is 0 Å². The standard InChI is InChI=1S/C11H21NO3/c1-9-11(8-13,4-6-14-9)12-7-10-3-2-5-15-10/h9-10,12-13H,2-8H2,1H3. The zero-order valence-corrected chi connectivity index (χ0v) is 9.37. The highest BCUT2D eigenvalue weighted by molar-refractivity contribution is 4.97. The van der Waals surface area contributed by atoms with Gasteiger partial charge >= 0.3 is 0 Å². The summed E-state index contributed by atoms with van der Waals surface area (Å²) in [6.07, 6.45) is 3.58. The summed E-state index contributed by atoms with van der Waals surface area (Å²) in [7, 11) is 0. The van der Waals surface area contributed by atoms with E-state index < -0.39 is 0 Å². The van der Waals surface area contributed by atoms with Gasteiger partial charge < -0.3 is 19.9 Å². The average molecular weight is 215 g/mol. The maximum Gasteiger partial charge on any atom is 0.0751 e. The van der Waals surface area contributed by atoms with Crippen LogP contribution in [0.2, 0.25) is 0 Å². The molecule has 0 saturated carbocycles. The second-order valence-electron chi connectivity index (χ2n) is 4.59. The summed E-state index contributed by atoms with van der Waals surface area (Å²) >= 11 is 0. The van der Waals surface area contributed by atoms with Crippen LogP contribution < -0.4 is 5.32 Å². The third-order valence-corrected chi connectivity index (χ3v) is 3.68. The van der Waals surface area contributed by atoms with Crippen LogP contribution in [0.1, 0.15) is 26.2 Å². The molecule has 88 valence electrons. The lowest BCUT2D eigenvalue weighted by Gasteiger charge is -2.32. The molecule has 2 fully saturated rings. The van der Waals surface area contributed by atoms with Crippen LogP contribution in [0, 0.1) is 0 Å². The molecular formula is C11H21NO3. The summed E-state index contributed by atoms with van der Waals surface area (Å²) in [5.41, 5.74) is -0.244. The van der Waals surface area contributed by atoms with Gasteiger partial charge in [0.05, 0.1) is 24.4 Å². The Kier molecular flexibility index (Phi) is 3.61. The Morgan fingerprint density at radius 1 is 1.40 bits per heavy atom. The largest absolute Gasteiger partial charge is 0.394 e. The molecule has 0 amide bonds. The summed E-state index contributed by atoms with van der Waals surface area (Å²) < 4.78 is 11.1. The van der Waals surface area contributed by atoms with Crippen molar-refractivity contribution in [3.05, 3.63) is 0 Å². The Bertz CT molecular complexity index is 206. The Balaban J connectivity index is 1.84. The Morgan fingerprint density at radius 3 is 2.80 bits per heavy atom. The van der Waals surface area contributed by atoms with E-state index >= 15 is 0 Å². The first kappa shape index (κ1) is 11.3. The molecule has 3 unspecified atom stereocenters. The molecule has 15 heavy (non-hydrogen) atoms. The Morgan fingerprint density at radius 2 is 2.27 bits per heavy atom. The Labute approximate surface area is 90.9 Å². The second-order valence-corrected chi connectivity index (χ2v) is 4.59. The summed E-state index contributed by atoms with van der Waals surface area (Å²) in [4.78, 5) is 0. The minimum Gasteiger partial charge on any atom is -0.394 e. The fraction of sp³-hybridized carbons (Fsp3) is 1.00. The van der Waals surface area contributed by atoms with Crippen LogP contribution in [0.5, 0.6) is 0 Å². The lowest BCUT2D eigenvalue weighted by Crippen LogP contribution is -2.55. The highest BCUT2D eigenvalue weighted by Crippen LogP contribution is 2.25. The van der Waals surface area contributed by atoms with E-state index in [4.69, 9.17) is 9.47 Å². The molecule has 2 rings (SSSR count). The molecule has 0 bridgehead atoms. The van der Waals surface area contributed by atoms with Crippen LogP contribution in [0.4, 0.5) is 0 Å². The molecule has 3 atom stereocenters. The van der Waals surface area contributed by atoms with E-state index in [1.807, 2.05) is 6.92 Å². The van der Waals surface area contributed by atoms with E-state index in [0.717, 1.165) is 39.0 Å². The molecule has 0 spiro atoms. The van der Waals surface area contributed by atoms with E-state index in [9.17, 15) is 5.11 Å². The van der Waals surface area contributed by atoms with Crippen LogP contribution in [0.25, 0.3) is 0 Å². The minimum absolute atomic E-state index is 0.0869. The fourth-order valence-electron chi connectivity index (χ4n) is 2.40. The predicted molar refractivity (Wildman–Crippen MR) is 56.8 cm³/mol. The Hall–Kier alpha value is -0.160. The quantitative estimate of drug-likeness (QED) is 0.708. The second kappa shape index (κ2) is 4.78. The van der Waals surface area contributed by atoms with Crippen molar-refractivity contribution in [2.75, 3.05) is 26.4 Å². The average Bonchev–Trinajstić information content (AvgIpc) is 2.85. The van der Waals surface area contributed by atoms with Crippen molar-refractivity contribution >= 4 is 0 Å². The van der Waals surface area contributed by atoms with Crippen molar-refractivity contribution in [1.29, 1.82) is 0 Å². The van der Waals surface area contributed by atoms with Gasteiger partial charge in [-0.3, -0.25) is 0 Å². The molecule has 2 aliphatic heterocycles.